The van der Waals surface area contributed by atoms with E-state index in [1.165, 1.54) is 23.1 Å². The van der Waals surface area contributed by atoms with E-state index in [2.05, 4.69) is 25.5 Å². The normalized spacial score (nSPS) is 19.9. The highest BCUT2D eigenvalue weighted by atomic mass is 32.2. The van der Waals surface area contributed by atoms with E-state index in [4.69, 9.17) is 0 Å². The number of thioether (sulfide) groups is 1. The van der Waals surface area contributed by atoms with Gasteiger partial charge in [-0.2, -0.15) is 4.99 Å². The van der Waals surface area contributed by atoms with Crippen molar-refractivity contribution in [1.29, 1.82) is 0 Å². The minimum atomic E-state index is -0.477. The van der Waals surface area contributed by atoms with Gasteiger partial charge in [0.1, 0.15) is 5.25 Å². The van der Waals surface area contributed by atoms with E-state index in [0.29, 0.717) is 16.4 Å². The molecular formula is C23H25N5O3S2. The van der Waals surface area contributed by atoms with Crippen molar-refractivity contribution in [3.8, 4) is 0 Å². The predicted octanol–water partition coefficient (Wildman–Crippen LogP) is 3.70. The molecule has 1 aromatic carbocycles. The number of anilines is 2. The van der Waals surface area contributed by atoms with Crippen molar-refractivity contribution >= 4 is 56.8 Å². The molecule has 3 amide bonds. The Morgan fingerprint density at radius 3 is 2.55 bits per heavy atom. The Kier molecular flexibility index (Phi) is 6.45. The van der Waals surface area contributed by atoms with Crippen molar-refractivity contribution in [1.82, 2.24) is 9.88 Å². The molecule has 1 unspecified atom stereocenters. The third kappa shape index (κ3) is 5.11. The van der Waals surface area contributed by atoms with Crippen LogP contribution in [0.3, 0.4) is 0 Å². The minimum absolute atomic E-state index is 0.0707. The lowest BCUT2D eigenvalue weighted by Gasteiger charge is -2.16. The molecule has 0 saturated carbocycles. The lowest BCUT2D eigenvalue weighted by molar-refractivity contribution is -0.121. The summed E-state index contributed by atoms with van der Waals surface area (Å²) in [7, 11) is 0. The van der Waals surface area contributed by atoms with Gasteiger partial charge in [-0.3, -0.25) is 19.7 Å². The van der Waals surface area contributed by atoms with E-state index in [9.17, 15) is 14.4 Å². The van der Waals surface area contributed by atoms with Gasteiger partial charge in [0.25, 0.3) is 11.8 Å². The van der Waals surface area contributed by atoms with Crippen LogP contribution in [0.4, 0.5) is 10.8 Å². The van der Waals surface area contributed by atoms with Crippen LogP contribution in [-0.4, -0.2) is 51.1 Å². The number of aryl methyl sites for hydroxylation is 2. The number of thiazole rings is 1. The summed E-state index contributed by atoms with van der Waals surface area (Å²) in [4.78, 5) is 49.3. The van der Waals surface area contributed by atoms with E-state index >= 15 is 0 Å². The lowest BCUT2D eigenvalue weighted by atomic mass is 10.0. The van der Waals surface area contributed by atoms with Crippen LogP contribution in [0.15, 0.2) is 29.3 Å². The Hall–Kier alpha value is -2.72. The number of benzene rings is 1. The molecule has 1 saturated heterocycles. The number of aliphatic imine (C=N–C) groups is 1. The van der Waals surface area contributed by atoms with E-state index in [1.807, 2.05) is 0 Å². The molecule has 1 atom stereocenters. The van der Waals surface area contributed by atoms with Gasteiger partial charge < -0.3 is 10.2 Å². The van der Waals surface area contributed by atoms with Crippen LogP contribution >= 0.6 is 23.1 Å². The van der Waals surface area contributed by atoms with Gasteiger partial charge in [-0.1, -0.05) is 11.8 Å². The minimum Gasteiger partial charge on any atom is -0.351 e. The zero-order valence-corrected chi connectivity index (χ0v) is 19.8. The summed E-state index contributed by atoms with van der Waals surface area (Å²) < 4.78 is 0. The molecule has 5 rings (SSSR count). The van der Waals surface area contributed by atoms with Gasteiger partial charge in [-0.25, -0.2) is 4.98 Å². The summed E-state index contributed by atoms with van der Waals surface area (Å²) in [6.45, 7) is 1.84. The van der Waals surface area contributed by atoms with Crippen molar-refractivity contribution in [3.63, 3.8) is 0 Å². The van der Waals surface area contributed by atoms with Gasteiger partial charge in [0.15, 0.2) is 10.3 Å². The number of aromatic nitrogens is 1. The van der Waals surface area contributed by atoms with E-state index in [1.54, 1.807) is 35.6 Å². The van der Waals surface area contributed by atoms with Gasteiger partial charge in [0.2, 0.25) is 5.91 Å². The topological polar surface area (TPSA) is 104 Å². The maximum absolute atomic E-state index is 12.6. The summed E-state index contributed by atoms with van der Waals surface area (Å²) in [5.41, 5.74) is 2.18. The molecule has 3 aliphatic rings. The molecule has 0 spiro atoms. The molecule has 8 nitrogen and oxygen atoms in total. The third-order valence-corrected chi connectivity index (χ3v) is 8.26. The Bertz CT molecular complexity index is 1080. The molecule has 172 valence electrons. The third-order valence-electron chi connectivity index (χ3n) is 5.97. The Labute approximate surface area is 200 Å². The molecule has 2 aromatic rings. The molecule has 2 aliphatic heterocycles. The number of fused-ring (bicyclic) bond motifs is 1. The fourth-order valence-corrected chi connectivity index (χ4v) is 6.37. The SMILES string of the molecule is O=C(CC1SC(N2CCCC2)=NC1=O)Nc1ccc(C(=O)Nc2nc3c(s2)CCCC3)cc1. The number of hydrogen-bond acceptors (Lipinski definition) is 7. The van der Waals surface area contributed by atoms with Gasteiger partial charge in [-0.15, -0.1) is 11.3 Å². The first-order valence-electron chi connectivity index (χ1n) is 11.3. The summed E-state index contributed by atoms with van der Waals surface area (Å²) in [6.07, 6.45) is 6.63. The van der Waals surface area contributed by atoms with Crippen LogP contribution in [-0.2, 0) is 22.4 Å². The molecule has 3 heterocycles. The van der Waals surface area contributed by atoms with Crippen molar-refractivity contribution < 1.29 is 14.4 Å². The van der Waals surface area contributed by atoms with Crippen molar-refractivity contribution in [2.75, 3.05) is 23.7 Å². The van der Waals surface area contributed by atoms with E-state index < -0.39 is 5.25 Å². The molecule has 33 heavy (non-hydrogen) atoms. The smallest absolute Gasteiger partial charge is 0.262 e. The Morgan fingerprint density at radius 2 is 1.79 bits per heavy atom. The molecule has 1 aliphatic carbocycles. The zero-order chi connectivity index (χ0) is 22.8. The highest BCUT2D eigenvalue weighted by molar-refractivity contribution is 8.15. The maximum Gasteiger partial charge on any atom is 0.262 e. The van der Waals surface area contributed by atoms with Crippen LogP contribution in [0, 0.1) is 0 Å². The van der Waals surface area contributed by atoms with Crippen molar-refractivity contribution in [3.05, 3.63) is 40.4 Å². The van der Waals surface area contributed by atoms with Crippen LogP contribution in [0.5, 0.6) is 0 Å². The second-order valence-electron chi connectivity index (χ2n) is 8.41. The van der Waals surface area contributed by atoms with Crippen molar-refractivity contribution in [2.24, 2.45) is 4.99 Å². The highest BCUT2D eigenvalue weighted by Crippen LogP contribution is 2.30. The standard InChI is InChI=1S/C23H25N5O3S2/c29-19(13-18-21(31)27-23(33-18)28-11-3-4-12-28)24-15-9-7-14(8-10-15)20(30)26-22-25-16-5-1-2-6-17(16)32-22/h7-10,18H,1-6,11-13H2,(H,24,29)(H,25,26,30). The van der Waals surface area contributed by atoms with Gasteiger partial charge in [0.05, 0.1) is 5.69 Å². The second kappa shape index (κ2) is 9.64. The number of nitrogens with one attached hydrogen (secondary N) is 2. The second-order valence-corrected chi connectivity index (χ2v) is 10.7. The molecule has 0 radical (unpaired) electrons. The number of likely N-dealkylation sites (tertiary alicyclic amines) is 1. The Morgan fingerprint density at radius 1 is 1.03 bits per heavy atom. The molecule has 1 fully saturated rings. The Balaban J connectivity index is 1.13. The first kappa shape index (κ1) is 22.1. The average Bonchev–Trinajstić information content (AvgIpc) is 3.54. The number of amidine groups is 1. The molecular weight excluding hydrogens is 458 g/mol. The molecule has 10 heteroatoms. The van der Waals surface area contributed by atoms with Gasteiger partial charge in [0, 0.05) is 35.6 Å². The van der Waals surface area contributed by atoms with Crippen LogP contribution < -0.4 is 10.6 Å². The molecule has 1 aromatic heterocycles. The number of rotatable bonds is 5. The first-order valence-corrected chi connectivity index (χ1v) is 13.0. The average molecular weight is 484 g/mol. The summed E-state index contributed by atoms with van der Waals surface area (Å²) >= 11 is 2.93. The fraction of sp³-hybridized carbons (Fsp3) is 0.435. The van der Waals surface area contributed by atoms with E-state index in [0.717, 1.165) is 56.1 Å². The van der Waals surface area contributed by atoms with Crippen LogP contribution in [0.1, 0.15) is 53.0 Å². The van der Waals surface area contributed by atoms with Crippen molar-refractivity contribution in [2.45, 2.75) is 50.2 Å². The number of carbonyl (C=O) groups excluding carboxylic acids is 3. The predicted molar refractivity (Wildman–Crippen MR) is 131 cm³/mol. The summed E-state index contributed by atoms with van der Waals surface area (Å²) in [6, 6.07) is 6.72. The summed E-state index contributed by atoms with van der Waals surface area (Å²) in [5.74, 6) is -0.712. The number of nitrogens with zero attached hydrogens (tertiary/aromatic N) is 3. The van der Waals surface area contributed by atoms with Gasteiger partial charge in [-0.05, 0) is 62.8 Å². The quantitative estimate of drug-likeness (QED) is 0.672. The van der Waals surface area contributed by atoms with Crippen LogP contribution in [0.25, 0.3) is 0 Å². The maximum atomic E-state index is 12.6. The fourth-order valence-electron chi connectivity index (χ4n) is 4.21. The number of hydrogen-bond donors (Lipinski definition) is 2. The molecule has 2 N–H and O–H groups in total. The zero-order valence-electron chi connectivity index (χ0n) is 18.1. The van der Waals surface area contributed by atoms with E-state index in [-0.39, 0.29) is 24.1 Å². The first-order chi connectivity index (χ1) is 16.0. The highest BCUT2D eigenvalue weighted by Gasteiger charge is 2.33. The lowest BCUT2D eigenvalue weighted by Crippen LogP contribution is -2.25. The molecule has 0 bridgehead atoms. The number of carbonyl (C=O) groups is 3. The largest absolute Gasteiger partial charge is 0.351 e. The van der Waals surface area contributed by atoms with Gasteiger partial charge >= 0.3 is 0 Å². The summed E-state index contributed by atoms with van der Waals surface area (Å²) in [5, 5.41) is 6.59. The monoisotopic (exact) mass is 483 g/mol. The number of amides is 3. The van der Waals surface area contributed by atoms with Crippen LogP contribution in [0.2, 0.25) is 0 Å².